The van der Waals surface area contributed by atoms with Crippen molar-refractivity contribution in [2.45, 2.75) is 38.6 Å². The van der Waals surface area contributed by atoms with Crippen molar-refractivity contribution in [3.63, 3.8) is 0 Å². The highest BCUT2D eigenvalue weighted by atomic mass is 35.5. The smallest absolute Gasteiger partial charge is 0.223 e. The topological polar surface area (TPSA) is 64.3 Å². The fraction of sp³-hybridized carbons (Fsp3) is 0.533. The van der Waals surface area contributed by atoms with Gasteiger partial charge >= 0.3 is 0 Å². The van der Waals surface area contributed by atoms with E-state index in [0.717, 1.165) is 19.3 Å². The number of carbonyl (C=O) groups excluding carboxylic acids is 1. The van der Waals surface area contributed by atoms with Gasteiger partial charge in [-0.1, -0.05) is 43.5 Å². The summed E-state index contributed by atoms with van der Waals surface area (Å²) in [5.41, 5.74) is 5.64. The number of hydrogen-bond donors (Lipinski definition) is 2. The van der Waals surface area contributed by atoms with Crippen molar-refractivity contribution in [3.05, 3.63) is 29.3 Å². The van der Waals surface area contributed by atoms with Crippen molar-refractivity contribution >= 4 is 17.5 Å². The van der Waals surface area contributed by atoms with Crippen molar-refractivity contribution in [2.75, 3.05) is 13.2 Å². The molecule has 0 saturated carbocycles. The molecule has 0 aliphatic carbocycles. The fourth-order valence-electron chi connectivity index (χ4n) is 1.81. The number of benzene rings is 1. The van der Waals surface area contributed by atoms with E-state index in [1.165, 1.54) is 0 Å². The standard InChI is InChI=1S/C15H23ClN2O2/c1-2-3-6-12(11-17)18-15(19)9-10-20-14-8-5-4-7-13(14)16/h4-5,7-8,12H,2-3,6,9-11,17H2,1H3,(H,18,19). The zero-order chi connectivity index (χ0) is 14.8. The Kier molecular flexibility index (Phi) is 8.07. The van der Waals surface area contributed by atoms with Crippen LogP contribution in [0.1, 0.15) is 32.6 Å². The molecule has 0 aliphatic rings. The molecule has 0 heterocycles. The average molecular weight is 299 g/mol. The van der Waals surface area contributed by atoms with Gasteiger partial charge in [-0.3, -0.25) is 4.79 Å². The molecule has 0 aromatic heterocycles. The second-order valence-corrected chi connectivity index (χ2v) is 5.08. The maximum atomic E-state index is 11.8. The molecule has 0 fully saturated rings. The summed E-state index contributed by atoms with van der Waals surface area (Å²) in [4.78, 5) is 11.8. The molecule has 5 heteroatoms. The zero-order valence-corrected chi connectivity index (χ0v) is 12.7. The summed E-state index contributed by atoms with van der Waals surface area (Å²) in [6, 6.07) is 7.27. The Morgan fingerprint density at radius 1 is 1.45 bits per heavy atom. The van der Waals surface area contributed by atoms with E-state index in [1.807, 2.05) is 12.1 Å². The van der Waals surface area contributed by atoms with Gasteiger partial charge in [-0.05, 0) is 18.6 Å². The minimum Gasteiger partial charge on any atom is -0.491 e. The molecule has 1 rings (SSSR count). The van der Waals surface area contributed by atoms with Crippen molar-refractivity contribution in [3.8, 4) is 5.75 Å². The number of carbonyl (C=O) groups is 1. The Hall–Kier alpha value is -1.26. The van der Waals surface area contributed by atoms with Crippen LogP contribution in [0.3, 0.4) is 0 Å². The first-order valence-corrected chi connectivity index (χ1v) is 7.42. The second kappa shape index (κ2) is 9.61. The molecule has 4 nitrogen and oxygen atoms in total. The van der Waals surface area contributed by atoms with Gasteiger partial charge in [-0.25, -0.2) is 0 Å². The maximum absolute atomic E-state index is 11.8. The monoisotopic (exact) mass is 298 g/mol. The number of para-hydroxylation sites is 1. The van der Waals surface area contributed by atoms with Crippen molar-refractivity contribution in [1.29, 1.82) is 0 Å². The number of unbranched alkanes of at least 4 members (excludes halogenated alkanes) is 1. The molecule has 1 aromatic carbocycles. The number of nitrogens with two attached hydrogens (primary N) is 1. The van der Waals surface area contributed by atoms with Crippen LogP contribution < -0.4 is 15.8 Å². The Labute approximate surface area is 125 Å². The van der Waals surface area contributed by atoms with E-state index in [2.05, 4.69) is 12.2 Å². The molecule has 1 atom stereocenters. The lowest BCUT2D eigenvalue weighted by molar-refractivity contribution is -0.122. The zero-order valence-electron chi connectivity index (χ0n) is 11.9. The Morgan fingerprint density at radius 3 is 2.85 bits per heavy atom. The van der Waals surface area contributed by atoms with E-state index in [4.69, 9.17) is 22.1 Å². The first-order valence-electron chi connectivity index (χ1n) is 7.04. The van der Waals surface area contributed by atoms with Crippen LogP contribution >= 0.6 is 11.6 Å². The molecule has 1 unspecified atom stereocenters. The molecule has 20 heavy (non-hydrogen) atoms. The van der Waals surface area contributed by atoms with Crippen LogP contribution in [-0.4, -0.2) is 25.1 Å². The number of amides is 1. The first-order chi connectivity index (χ1) is 9.67. The third-order valence-corrected chi connectivity index (χ3v) is 3.29. The van der Waals surface area contributed by atoms with E-state index < -0.39 is 0 Å². The molecule has 0 saturated heterocycles. The number of halogens is 1. The molecule has 1 amide bonds. The highest BCUT2D eigenvalue weighted by Crippen LogP contribution is 2.22. The SMILES string of the molecule is CCCCC(CN)NC(=O)CCOc1ccccc1Cl. The van der Waals surface area contributed by atoms with E-state index >= 15 is 0 Å². The number of nitrogens with one attached hydrogen (secondary N) is 1. The van der Waals surface area contributed by atoms with Crippen molar-refractivity contribution < 1.29 is 9.53 Å². The highest BCUT2D eigenvalue weighted by Gasteiger charge is 2.10. The summed E-state index contributed by atoms with van der Waals surface area (Å²) < 4.78 is 5.48. The number of rotatable bonds is 9. The van der Waals surface area contributed by atoms with Gasteiger partial charge in [0.05, 0.1) is 18.1 Å². The van der Waals surface area contributed by atoms with Gasteiger partial charge in [0, 0.05) is 12.6 Å². The minimum atomic E-state index is -0.0383. The molecule has 0 radical (unpaired) electrons. The maximum Gasteiger partial charge on any atom is 0.223 e. The predicted molar refractivity (Wildman–Crippen MR) is 82.1 cm³/mol. The molecular formula is C15H23ClN2O2. The Balaban J connectivity index is 2.27. The van der Waals surface area contributed by atoms with Gasteiger partial charge in [-0.2, -0.15) is 0 Å². The molecular weight excluding hydrogens is 276 g/mol. The Morgan fingerprint density at radius 2 is 2.20 bits per heavy atom. The van der Waals surface area contributed by atoms with Crippen molar-refractivity contribution in [2.24, 2.45) is 5.73 Å². The van der Waals surface area contributed by atoms with Gasteiger partial charge in [0.15, 0.2) is 0 Å². The lowest BCUT2D eigenvalue weighted by atomic mass is 10.1. The van der Waals surface area contributed by atoms with Crippen LogP contribution in [0, 0.1) is 0 Å². The van der Waals surface area contributed by atoms with E-state index in [-0.39, 0.29) is 11.9 Å². The predicted octanol–water partition coefficient (Wildman–Crippen LogP) is 2.74. The third kappa shape index (κ3) is 6.26. The van der Waals surface area contributed by atoms with Crippen molar-refractivity contribution in [1.82, 2.24) is 5.32 Å². The summed E-state index contributed by atoms with van der Waals surface area (Å²) in [7, 11) is 0. The summed E-state index contributed by atoms with van der Waals surface area (Å²) in [6.45, 7) is 2.89. The normalized spacial score (nSPS) is 11.9. The van der Waals surface area contributed by atoms with E-state index in [1.54, 1.807) is 12.1 Å². The molecule has 0 aliphatic heterocycles. The highest BCUT2D eigenvalue weighted by molar-refractivity contribution is 6.32. The second-order valence-electron chi connectivity index (χ2n) is 4.67. The summed E-state index contributed by atoms with van der Waals surface area (Å²) >= 11 is 5.96. The average Bonchev–Trinajstić information content (AvgIpc) is 2.45. The summed E-state index contributed by atoms with van der Waals surface area (Å²) in [5.74, 6) is 0.562. The van der Waals surface area contributed by atoms with Gasteiger partial charge in [0.2, 0.25) is 5.91 Å². The largest absolute Gasteiger partial charge is 0.491 e. The van der Waals surface area contributed by atoms with E-state index in [9.17, 15) is 4.79 Å². The van der Waals surface area contributed by atoms with Crippen LogP contribution in [0.5, 0.6) is 5.75 Å². The molecule has 0 bridgehead atoms. The molecule has 1 aromatic rings. The van der Waals surface area contributed by atoms with Crippen LogP contribution in [0.25, 0.3) is 0 Å². The summed E-state index contributed by atoms with van der Waals surface area (Å²) in [5, 5.41) is 3.48. The van der Waals surface area contributed by atoms with Gasteiger partial charge in [0.25, 0.3) is 0 Å². The molecule has 3 N–H and O–H groups in total. The van der Waals surface area contributed by atoms with Crippen LogP contribution in [0.4, 0.5) is 0 Å². The van der Waals surface area contributed by atoms with Crippen LogP contribution in [-0.2, 0) is 4.79 Å². The Bertz CT molecular complexity index is 413. The lowest BCUT2D eigenvalue weighted by Gasteiger charge is -2.16. The van der Waals surface area contributed by atoms with Gasteiger partial charge < -0.3 is 15.8 Å². The number of hydrogen-bond acceptors (Lipinski definition) is 3. The van der Waals surface area contributed by atoms with E-state index in [0.29, 0.717) is 30.3 Å². The first kappa shape index (κ1) is 16.8. The fourth-order valence-corrected chi connectivity index (χ4v) is 2.01. The minimum absolute atomic E-state index is 0.0383. The number of ether oxygens (including phenoxy) is 1. The summed E-state index contributed by atoms with van der Waals surface area (Å²) in [6.07, 6.45) is 3.39. The lowest BCUT2D eigenvalue weighted by Crippen LogP contribution is -2.40. The third-order valence-electron chi connectivity index (χ3n) is 2.98. The van der Waals surface area contributed by atoms with Crippen LogP contribution in [0.15, 0.2) is 24.3 Å². The van der Waals surface area contributed by atoms with Gasteiger partial charge in [0.1, 0.15) is 5.75 Å². The quantitative estimate of drug-likeness (QED) is 0.737. The molecule has 0 spiro atoms. The van der Waals surface area contributed by atoms with Gasteiger partial charge in [-0.15, -0.1) is 0 Å². The molecule has 112 valence electrons. The van der Waals surface area contributed by atoms with Crippen LogP contribution in [0.2, 0.25) is 5.02 Å².